The fraction of sp³-hybridized carbons (Fsp3) is 0.238. The van der Waals surface area contributed by atoms with E-state index in [1.54, 1.807) is 0 Å². The number of para-hydroxylation sites is 1. The van der Waals surface area contributed by atoms with Gasteiger partial charge < -0.3 is 5.32 Å². The zero-order chi connectivity index (χ0) is 18.0. The summed E-state index contributed by atoms with van der Waals surface area (Å²) in [6.07, 6.45) is 1.91. The van der Waals surface area contributed by atoms with Crippen LogP contribution in [0.5, 0.6) is 0 Å². The van der Waals surface area contributed by atoms with Crippen molar-refractivity contribution in [3.63, 3.8) is 0 Å². The van der Waals surface area contributed by atoms with E-state index in [0.717, 1.165) is 16.8 Å². The normalized spacial score (nSPS) is 18.0. The van der Waals surface area contributed by atoms with Crippen LogP contribution in [0, 0.1) is 6.92 Å². The minimum atomic E-state index is -0.0998. The van der Waals surface area contributed by atoms with Gasteiger partial charge in [-0.05, 0) is 52.9 Å². The van der Waals surface area contributed by atoms with Crippen molar-refractivity contribution in [3.05, 3.63) is 70.1 Å². The van der Waals surface area contributed by atoms with Gasteiger partial charge in [0.15, 0.2) is 5.17 Å². The first kappa shape index (κ1) is 17.5. The predicted molar refractivity (Wildman–Crippen MR) is 107 cm³/mol. The van der Waals surface area contributed by atoms with Crippen molar-refractivity contribution in [1.29, 1.82) is 0 Å². The molecule has 0 spiro atoms. The Labute approximate surface area is 153 Å². The third kappa shape index (κ3) is 4.20. The van der Waals surface area contributed by atoms with Gasteiger partial charge in [0.25, 0.3) is 5.91 Å². The molecule has 1 aliphatic heterocycles. The molecule has 1 heterocycles. The molecule has 0 bridgehead atoms. The van der Waals surface area contributed by atoms with Crippen molar-refractivity contribution in [2.24, 2.45) is 4.99 Å². The number of aryl methyl sites for hydroxylation is 1. The van der Waals surface area contributed by atoms with Crippen LogP contribution in [0.15, 0.2) is 58.4 Å². The van der Waals surface area contributed by atoms with E-state index in [-0.39, 0.29) is 11.3 Å². The van der Waals surface area contributed by atoms with E-state index in [1.807, 2.05) is 37.3 Å². The van der Waals surface area contributed by atoms with Crippen molar-refractivity contribution < 1.29 is 4.79 Å². The highest BCUT2D eigenvalue weighted by Crippen LogP contribution is 2.29. The van der Waals surface area contributed by atoms with Crippen molar-refractivity contribution in [2.75, 3.05) is 0 Å². The highest BCUT2D eigenvalue weighted by molar-refractivity contribution is 8.18. The van der Waals surface area contributed by atoms with E-state index in [9.17, 15) is 4.79 Å². The van der Waals surface area contributed by atoms with Crippen molar-refractivity contribution in [1.82, 2.24) is 5.32 Å². The maximum Gasteiger partial charge on any atom is 0.264 e. The molecule has 25 heavy (non-hydrogen) atoms. The van der Waals surface area contributed by atoms with Gasteiger partial charge in [-0.3, -0.25) is 4.79 Å². The highest BCUT2D eigenvalue weighted by Gasteiger charge is 2.24. The largest absolute Gasteiger partial charge is 0.300 e. The van der Waals surface area contributed by atoms with Crippen molar-refractivity contribution in [2.45, 2.75) is 33.1 Å². The van der Waals surface area contributed by atoms with Gasteiger partial charge in [-0.15, -0.1) is 0 Å². The molecule has 2 aromatic carbocycles. The number of carbonyl (C=O) groups excluding carboxylic acids is 1. The molecule has 1 fully saturated rings. The third-order valence-electron chi connectivity index (χ3n) is 4.06. The van der Waals surface area contributed by atoms with Crippen LogP contribution in [0.4, 0.5) is 5.69 Å². The van der Waals surface area contributed by atoms with Gasteiger partial charge in [0.2, 0.25) is 0 Å². The van der Waals surface area contributed by atoms with Gasteiger partial charge in [-0.1, -0.05) is 63.2 Å². The van der Waals surface area contributed by atoms with Gasteiger partial charge in [0, 0.05) is 0 Å². The summed E-state index contributed by atoms with van der Waals surface area (Å²) in [5.74, 6) is -0.0998. The molecule has 1 saturated heterocycles. The Balaban J connectivity index is 1.81. The lowest BCUT2D eigenvalue weighted by Gasteiger charge is -2.18. The second-order valence-corrected chi connectivity index (χ2v) is 8.17. The van der Waals surface area contributed by atoms with Crippen molar-refractivity contribution >= 4 is 34.6 Å². The molecule has 2 aromatic rings. The maximum atomic E-state index is 12.2. The average molecular weight is 350 g/mol. The van der Waals surface area contributed by atoms with E-state index >= 15 is 0 Å². The smallest absolute Gasteiger partial charge is 0.264 e. The number of aliphatic imine (C=N–C) groups is 1. The first-order chi connectivity index (χ1) is 11.8. The van der Waals surface area contributed by atoms with Crippen LogP contribution in [0.25, 0.3) is 6.08 Å². The van der Waals surface area contributed by atoms with Crippen LogP contribution in [-0.4, -0.2) is 11.1 Å². The molecule has 0 radical (unpaired) electrons. The molecule has 128 valence electrons. The predicted octanol–water partition coefficient (Wildman–Crippen LogP) is 5.18. The Morgan fingerprint density at radius 2 is 1.72 bits per heavy atom. The van der Waals surface area contributed by atoms with Crippen LogP contribution >= 0.6 is 11.8 Å². The lowest BCUT2D eigenvalue weighted by atomic mass is 9.87. The summed E-state index contributed by atoms with van der Waals surface area (Å²) in [6, 6.07) is 16.2. The third-order valence-corrected chi connectivity index (χ3v) is 4.97. The summed E-state index contributed by atoms with van der Waals surface area (Å²) in [6.45, 7) is 8.58. The molecule has 1 aliphatic rings. The summed E-state index contributed by atoms with van der Waals surface area (Å²) in [5.41, 5.74) is 4.38. The number of carbonyl (C=O) groups is 1. The zero-order valence-corrected chi connectivity index (χ0v) is 15.8. The molecule has 0 saturated carbocycles. The molecule has 1 N–H and O–H groups in total. The van der Waals surface area contributed by atoms with Gasteiger partial charge >= 0.3 is 0 Å². The van der Waals surface area contributed by atoms with E-state index in [4.69, 9.17) is 0 Å². The van der Waals surface area contributed by atoms with Crippen molar-refractivity contribution in [3.8, 4) is 0 Å². The summed E-state index contributed by atoms with van der Waals surface area (Å²) in [7, 11) is 0. The van der Waals surface area contributed by atoms with E-state index < -0.39 is 0 Å². The standard InChI is InChI=1S/C21H22N2OS/c1-14-7-5-6-8-17(14)22-20-23-19(24)18(25-20)13-15-9-11-16(12-10-15)21(2,3)4/h5-13H,1-4H3,(H,22,23,24)/b18-13+. The van der Waals surface area contributed by atoms with Crippen LogP contribution in [0.1, 0.15) is 37.5 Å². The fourth-order valence-electron chi connectivity index (χ4n) is 2.51. The topological polar surface area (TPSA) is 41.5 Å². The number of benzene rings is 2. The van der Waals surface area contributed by atoms with Crippen LogP contribution < -0.4 is 5.32 Å². The molecular weight excluding hydrogens is 328 g/mol. The first-order valence-corrected chi connectivity index (χ1v) is 9.10. The number of amidine groups is 1. The van der Waals surface area contributed by atoms with E-state index in [2.05, 4.69) is 55.3 Å². The molecule has 1 amide bonds. The number of nitrogens with zero attached hydrogens (tertiary/aromatic N) is 1. The van der Waals surface area contributed by atoms with Gasteiger partial charge in [-0.25, -0.2) is 4.99 Å². The lowest BCUT2D eigenvalue weighted by Crippen LogP contribution is -2.19. The van der Waals surface area contributed by atoms with Crippen LogP contribution in [-0.2, 0) is 10.2 Å². The van der Waals surface area contributed by atoms with Crippen LogP contribution in [0.2, 0.25) is 0 Å². The Kier molecular flexibility index (Phi) is 4.82. The minimum Gasteiger partial charge on any atom is -0.300 e. The zero-order valence-electron chi connectivity index (χ0n) is 15.0. The number of hydrogen-bond donors (Lipinski definition) is 1. The summed E-state index contributed by atoms with van der Waals surface area (Å²) >= 11 is 1.38. The van der Waals surface area contributed by atoms with E-state index in [0.29, 0.717) is 10.1 Å². The second kappa shape index (κ2) is 6.89. The van der Waals surface area contributed by atoms with Crippen LogP contribution in [0.3, 0.4) is 0 Å². The number of amides is 1. The van der Waals surface area contributed by atoms with Gasteiger partial charge in [0.05, 0.1) is 10.6 Å². The minimum absolute atomic E-state index is 0.0998. The number of nitrogens with one attached hydrogen (secondary N) is 1. The summed E-state index contributed by atoms with van der Waals surface area (Å²) < 4.78 is 0. The molecular formula is C21H22N2OS. The molecule has 0 atom stereocenters. The molecule has 4 heteroatoms. The molecule has 3 rings (SSSR count). The SMILES string of the molecule is Cc1ccccc1N=C1NC(=O)/C(=C\c2ccc(C(C)(C)C)cc2)S1. The Morgan fingerprint density at radius 1 is 1.04 bits per heavy atom. The molecule has 3 nitrogen and oxygen atoms in total. The van der Waals surface area contributed by atoms with Gasteiger partial charge in [-0.2, -0.15) is 0 Å². The highest BCUT2D eigenvalue weighted by atomic mass is 32.2. The van der Waals surface area contributed by atoms with E-state index in [1.165, 1.54) is 17.3 Å². The molecule has 0 unspecified atom stereocenters. The van der Waals surface area contributed by atoms with Gasteiger partial charge in [0.1, 0.15) is 0 Å². The second-order valence-electron chi connectivity index (χ2n) is 7.14. The Bertz CT molecular complexity index is 858. The molecule has 0 aliphatic carbocycles. The lowest BCUT2D eigenvalue weighted by molar-refractivity contribution is -0.115. The Hall–Kier alpha value is -2.33. The Morgan fingerprint density at radius 3 is 2.36 bits per heavy atom. The first-order valence-electron chi connectivity index (χ1n) is 8.29. The maximum absolute atomic E-state index is 12.2. The monoisotopic (exact) mass is 350 g/mol. The number of thioether (sulfide) groups is 1. The average Bonchev–Trinajstić information content (AvgIpc) is 2.89. The summed E-state index contributed by atoms with van der Waals surface area (Å²) in [4.78, 5) is 17.4. The summed E-state index contributed by atoms with van der Waals surface area (Å²) in [5, 5.41) is 3.46. The number of hydrogen-bond acceptors (Lipinski definition) is 3. The molecule has 0 aromatic heterocycles. The number of rotatable bonds is 2. The quantitative estimate of drug-likeness (QED) is 0.758. The fourth-order valence-corrected chi connectivity index (χ4v) is 3.34.